The normalized spacial score (nSPS) is 13.9. The zero-order chi connectivity index (χ0) is 13.9. The lowest BCUT2D eigenvalue weighted by atomic mass is 9.90. The molecule has 0 aliphatic carbocycles. The van der Waals surface area contributed by atoms with Crippen LogP contribution in [0, 0.1) is 0 Å². The SMILES string of the molecule is CC(C)(N)CC(O)CC(c1cccs1)c1cccs1. The van der Waals surface area contributed by atoms with Crippen molar-refractivity contribution < 1.29 is 5.11 Å². The van der Waals surface area contributed by atoms with Crippen LogP contribution in [0.1, 0.15) is 42.4 Å². The van der Waals surface area contributed by atoms with E-state index in [1.54, 1.807) is 22.7 Å². The Morgan fingerprint density at radius 2 is 1.68 bits per heavy atom. The lowest BCUT2D eigenvalue weighted by Crippen LogP contribution is -2.36. The average molecular weight is 295 g/mol. The predicted molar refractivity (Wildman–Crippen MR) is 84.0 cm³/mol. The molecule has 0 aromatic carbocycles. The van der Waals surface area contributed by atoms with Gasteiger partial charge in [-0.15, -0.1) is 22.7 Å². The number of hydrogen-bond donors (Lipinski definition) is 2. The third-order valence-corrected chi connectivity index (χ3v) is 5.01. The molecule has 2 heterocycles. The molecule has 0 aliphatic heterocycles. The Bertz CT molecular complexity index is 436. The molecule has 19 heavy (non-hydrogen) atoms. The van der Waals surface area contributed by atoms with Gasteiger partial charge in [0.2, 0.25) is 0 Å². The van der Waals surface area contributed by atoms with Gasteiger partial charge in [-0.3, -0.25) is 0 Å². The van der Waals surface area contributed by atoms with Crippen LogP contribution < -0.4 is 5.73 Å². The second-order valence-corrected chi connectivity index (χ2v) is 7.62. The van der Waals surface area contributed by atoms with Gasteiger partial charge in [0, 0.05) is 21.2 Å². The van der Waals surface area contributed by atoms with Crippen molar-refractivity contribution in [3.8, 4) is 0 Å². The molecule has 0 aliphatic rings. The predicted octanol–water partition coefficient (Wildman–Crippen LogP) is 3.82. The van der Waals surface area contributed by atoms with Crippen molar-refractivity contribution in [2.75, 3.05) is 0 Å². The summed E-state index contributed by atoms with van der Waals surface area (Å²) in [6.45, 7) is 3.92. The topological polar surface area (TPSA) is 46.2 Å². The van der Waals surface area contributed by atoms with E-state index >= 15 is 0 Å². The number of aliphatic hydroxyl groups excluding tert-OH is 1. The first-order valence-corrected chi connectivity index (χ1v) is 8.25. The van der Waals surface area contributed by atoms with Crippen molar-refractivity contribution >= 4 is 22.7 Å². The molecular formula is C15H21NOS2. The molecule has 104 valence electrons. The second-order valence-electron chi connectivity index (χ2n) is 5.67. The van der Waals surface area contributed by atoms with Crippen LogP contribution in [-0.2, 0) is 0 Å². The van der Waals surface area contributed by atoms with Crippen LogP contribution >= 0.6 is 22.7 Å². The smallest absolute Gasteiger partial charge is 0.0567 e. The van der Waals surface area contributed by atoms with Crippen LogP contribution in [0.5, 0.6) is 0 Å². The standard InChI is InChI=1S/C15H21NOS2/c1-15(2,16)10-11(17)9-12(13-5-3-7-18-13)14-6-4-8-19-14/h3-8,11-12,17H,9-10,16H2,1-2H3. The molecule has 0 saturated heterocycles. The summed E-state index contributed by atoms with van der Waals surface area (Å²) in [7, 11) is 0. The fourth-order valence-electron chi connectivity index (χ4n) is 2.31. The Morgan fingerprint density at radius 1 is 1.16 bits per heavy atom. The van der Waals surface area contributed by atoms with Gasteiger partial charge in [0.05, 0.1) is 6.10 Å². The quantitative estimate of drug-likeness (QED) is 0.851. The minimum Gasteiger partial charge on any atom is -0.393 e. The summed E-state index contributed by atoms with van der Waals surface area (Å²) < 4.78 is 0. The Kier molecular flexibility index (Phi) is 4.79. The summed E-state index contributed by atoms with van der Waals surface area (Å²) in [5.74, 6) is 0.289. The number of rotatable bonds is 6. The molecule has 2 aromatic rings. The molecule has 1 unspecified atom stereocenters. The maximum Gasteiger partial charge on any atom is 0.0567 e. The van der Waals surface area contributed by atoms with Gasteiger partial charge in [0.25, 0.3) is 0 Å². The van der Waals surface area contributed by atoms with Crippen molar-refractivity contribution in [2.24, 2.45) is 5.73 Å². The summed E-state index contributed by atoms with van der Waals surface area (Å²) in [5.41, 5.74) is 5.67. The third kappa shape index (κ3) is 4.42. The Hall–Kier alpha value is -0.680. The van der Waals surface area contributed by atoms with Crippen LogP contribution in [0.3, 0.4) is 0 Å². The fraction of sp³-hybridized carbons (Fsp3) is 0.467. The Labute approximate surface area is 122 Å². The first-order valence-electron chi connectivity index (χ1n) is 6.49. The molecule has 3 N–H and O–H groups in total. The van der Waals surface area contributed by atoms with Crippen LogP contribution in [0.25, 0.3) is 0 Å². The highest BCUT2D eigenvalue weighted by molar-refractivity contribution is 7.11. The van der Waals surface area contributed by atoms with E-state index in [1.165, 1.54) is 9.75 Å². The number of thiophene rings is 2. The first kappa shape index (κ1) is 14.7. The molecule has 0 saturated carbocycles. The van der Waals surface area contributed by atoms with Crippen molar-refractivity contribution in [1.82, 2.24) is 0 Å². The fourth-order valence-corrected chi connectivity index (χ4v) is 4.11. The molecule has 0 fully saturated rings. The van der Waals surface area contributed by atoms with Gasteiger partial charge < -0.3 is 10.8 Å². The van der Waals surface area contributed by atoms with Gasteiger partial charge >= 0.3 is 0 Å². The van der Waals surface area contributed by atoms with Crippen molar-refractivity contribution in [3.63, 3.8) is 0 Å². The Balaban J connectivity index is 2.12. The molecular weight excluding hydrogens is 274 g/mol. The summed E-state index contributed by atoms with van der Waals surface area (Å²) >= 11 is 3.51. The maximum atomic E-state index is 10.3. The van der Waals surface area contributed by atoms with Crippen LogP contribution in [-0.4, -0.2) is 16.7 Å². The number of hydrogen-bond acceptors (Lipinski definition) is 4. The van der Waals surface area contributed by atoms with Crippen molar-refractivity contribution in [1.29, 1.82) is 0 Å². The summed E-state index contributed by atoms with van der Waals surface area (Å²) in [4.78, 5) is 2.63. The minimum atomic E-state index is -0.366. The van der Waals surface area contributed by atoms with Gasteiger partial charge in [-0.25, -0.2) is 0 Å². The van der Waals surface area contributed by atoms with Crippen molar-refractivity contribution in [3.05, 3.63) is 44.8 Å². The van der Waals surface area contributed by atoms with Gasteiger partial charge in [0.15, 0.2) is 0 Å². The van der Waals surface area contributed by atoms with Gasteiger partial charge in [-0.05, 0) is 49.6 Å². The highest BCUT2D eigenvalue weighted by Gasteiger charge is 2.24. The van der Waals surface area contributed by atoms with E-state index in [2.05, 4.69) is 35.0 Å². The largest absolute Gasteiger partial charge is 0.393 e. The van der Waals surface area contributed by atoms with Gasteiger partial charge in [-0.1, -0.05) is 12.1 Å². The molecule has 0 radical (unpaired) electrons. The highest BCUT2D eigenvalue weighted by atomic mass is 32.1. The molecule has 4 heteroatoms. The zero-order valence-electron chi connectivity index (χ0n) is 11.4. The molecule has 0 spiro atoms. The number of nitrogens with two attached hydrogens (primary N) is 1. The first-order chi connectivity index (χ1) is 8.96. The van der Waals surface area contributed by atoms with E-state index in [0.717, 1.165) is 6.42 Å². The molecule has 2 rings (SSSR count). The van der Waals surface area contributed by atoms with Crippen molar-refractivity contribution in [2.45, 2.75) is 44.2 Å². The molecule has 0 amide bonds. The molecule has 2 aromatic heterocycles. The summed E-state index contributed by atoms with van der Waals surface area (Å²) in [5, 5.41) is 14.5. The van der Waals surface area contributed by atoms with E-state index in [4.69, 9.17) is 5.73 Å². The van der Waals surface area contributed by atoms with Gasteiger partial charge in [-0.2, -0.15) is 0 Å². The lowest BCUT2D eigenvalue weighted by molar-refractivity contribution is 0.127. The van der Waals surface area contributed by atoms with Gasteiger partial charge in [0.1, 0.15) is 0 Å². The summed E-state index contributed by atoms with van der Waals surface area (Å²) in [6, 6.07) is 8.43. The van der Waals surface area contributed by atoms with E-state index in [1.807, 2.05) is 13.8 Å². The molecule has 2 nitrogen and oxygen atoms in total. The second kappa shape index (κ2) is 6.18. The minimum absolute atomic E-state index is 0.289. The average Bonchev–Trinajstić information content (AvgIpc) is 2.97. The van der Waals surface area contributed by atoms with E-state index < -0.39 is 0 Å². The van der Waals surface area contributed by atoms with E-state index in [9.17, 15) is 5.11 Å². The lowest BCUT2D eigenvalue weighted by Gasteiger charge is -2.25. The zero-order valence-corrected chi connectivity index (χ0v) is 13.0. The third-order valence-electron chi connectivity index (χ3n) is 3.04. The maximum absolute atomic E-state index is 10.3. The summed E-state index contributed by atoms with van der Waals surface area (Å²) in [6.07, 6.45) is 0.997. The monoisotopic (exact) mass is 295 g/mol. The van der Waals surface area contributed by atoms with E-state index in [-0.39, 0.29) is 17.6 Å². The van der Waals surface area contributed by atoms with Crippen LogP contribution in [0.4, 0.5) is 0 Å². The highest BCUT2D eigenvalue weighted by Crippen LogP contribution is 2.35. The number of aliphatic hydroxyl groups is 1. The van der Waals surface area contributed by atoms with Crippen LogP contribution in [0.15, 0.2) is 35.0 Å². The Morgan fingerprint density at radius 3 is 2.05 bits per heavy atom. The van der Waals surface area contributed by atoms with Crippen LogP contribution in [0.2, 0.25) is 0 Å². The van der Waals surface area contributed by atoms with E-state index in [0.29, 0.717) is 6.42 Å². The molecule has 1 atom stereocenters. The molecule has 0 bridgehead atoms.